The van der Waals surface area contributed by atoms with Crippen molar-refractivity contribution in [2.75, 3.05) is 0 Å². The summed E-state index contributed by atoms with van der Waals surface area (Å²) in [6.07, 6.45) is 6.76. The number of esters is 2. The van der Waals surface area contributed by atoms with Crippen LogP contribution in [0.1, 0.15) is 84.8 Å². The van der Waals surface area contributed by atoms with Gasteiger partial charge in [-0.15, -0.1) is 0 Å². The van der Waals surface area contributed by atoms with Crippen molar-refractivity contribution in [1.82, 2.24) is 0 Å². The number of cyclic esters (lactones) is 1. The minimum Gasteiger partial charge on any atom is -0.507 e. The number of carbonyl (C=O) groups excluding carboxylic acids is 3. The van der Waals surface area contributed by atoms with Gasteiger partial charge in [-0.05, 0) is 60.6 Å². The zero-order valence-electron chi connectivity index (χ0n) is 20.9. The SMILES string of the molecule is C[C@@H]1CCCC(=O)CCCC=Cc2cc3c(c(O)c2C(=O)O1)[C@@H](c1cccc2ccccc12)CC(=O)O3. The Balaban J connectivity index is 1.64. The smallest absolute Gasteiger partial charge is 0.342 e. The van der Waals surface area contributed by atoms with Crippen LogP contribution in [0.5, 0.6) is 11.5 Å². The van der Waals surface area contributed by atoms with Crippen molar-refractivity contribution in [3.8, 4) is 11.5 Å². The number of hydrogen-bond acceptors (Lipinski definition) is 6. The number of carbonyl (C=O) groups is 3. The molecule has 0 amide bonds. The number of fused-ring (bicyclic) bond motifs is 3. The molecule has 0 spiro atoms. The molecule has 0 aliphatic carbocycles. The monoisotopic (exact) mass is 498 g/mol. The molecular weight excluding hydrogens is 468 g/mol. The summed E-state index contributed by atoms with van der Waals surface area (Å²) >= 11 is 0. The van der Waals surface area contributed by atoms with Crippen LogP contribution in [0.2, 0.25) is 0 Å². The highest BCUT2D eigenvalue weighted by Gasteiger charge is 2.36. The number of aromatic hydroxyl groups is 1. The predicted octanol–water partition coefficient (Wildman–Crippen LogP) is 6.47. The molecule has 0 fully saturated rings. The van der Waals surface area contributed by atoms with Gasteiger partial charge >= 0.3 is 11.9 Å². The molecule has 2 atom stereocenters. The number of rotatable bonds is 1. The zero-order chi connectivity index (χ0) is 25.9. The molecule has 0 saturated carbocycles. The highest BCUT2D eigenvalue weighted by Crippen LogP contribution is 2.48. The largest absolute Gasteiger partial charge is 0.507 e. The van der Waals surface area contributed by atoms with Crippen molar-refractivity contribution in [1.29, 1.82) is 0 Å². The van der Waals surface area contributed by atoms with Gasteiger partial charge in [-0.2, -0.15) is 0 Å². The first-order chi connectivity index (χ1) is 17.9. The van der Waals surface area contributed by atoms with Crippen LogP contribution in [0.15, 0.2) is 54.6 Å². The standard InChI is InChI=1S/C31H30O6/c1-19-9-7-14-22(32)13-4-2-3-11-21-17-26-29(30(34)28(21)31(35)36-19)25(18-27(33)37-26)24-16-8-12-20-10-5-6-15-23(20)24/h3,5-6,8,10-12,15-17,19,25,34H,2,4,7,9,13-14,18H2,1H3/t19-,25-/m1/s1. The third-order valence-electron chi connectivity index (χ3n) is 7.18. The van der Waals surface area contributed by atoms with Crippen LogP contribution in [0, 0.1) is 0 Å². The molecule has 1 N–H and O–H groups in total. The number of benzene rings is 3. The van der Waals surface area contributed by atoms with Crippen LogP contribution >= 0.6 is 0 Å². The summed E-state index contributed by atoms with van der Waals surface area (Å²) in [6, 6.07) is 15.4. The van der Waals surface area contributed by atoms with E-state index < -0.39 is 24.0 Å². The quantitative estimate of drug-likeness (QED) is 0.306. The molecule has 2 heterocycles. The summed E-state index contributed by atoms with van der Waals surface area (Å²) in [4.78, 5) is 38.2. The topological polar surface area (TPSA) is 89.9 Å². The van der Waals surface area contributed by atoms with E-state index >= 15 is 0 Å². The minimum atomic E-state index is -0.635. The molecule has 2 aliphatic heterocycles. The Morgan fingerprint density at radius 3 is 2.62 bits per heavy atom. The van der Waals surface area contributed by atoms with Gasteiger partial charge in [-0.1, -0.05) is 54.6 Å². The molecule has 0 unspecified atom stereocenters. The molecule has 3 aromatic carbocycles. The number of Topliss-reactive ketones (excluding diaryl/α,β-unsaturated/α-hetero) is 1. The number of allylic oxidation sites excluding steroid dienone is 1. The molecule has 6 heteroatoms. The van der Waals surface area contributed by atoms with Gasteiger partial charge in [0.05, 0.1) is 12.5 Å². The molecular formula is C31H30O6. The van der Waals surface area contributed by atoms with Gasteiger partial charge in [0.2, 0.25) is 0 Å². The van der Waals surface area contributed by atoms with Crippen molar-refractivity contribution in [2.24, 2.45) is 0 Å². The van der Waals surface area contributed by atoms with Crippen LogP contribution in [0.4, 0.5) is 0 Å². The highest BCUT2D eigenvalue weighted by molar-refractivity contribution is 5.99. The maximum Gasteiger partial charge on any atom is 0.342 e. The number of phenols is 1. The maximum atomic E-state index is 13.4. The first-order valence-corrected chi connectivity index (χ1v) is 12.9. The van der Waals surface area contributed by atoms with Crippen molar-refractivity contribution < 1.29 is 29.0 Å². The maximum absolute atomic E-state index is 13.4. The van der Waals surface area contributed by atoms with E-state index in [1.165, 1.54) is 0 Å². The summed E-state index contributed by atoms with van der Waals surface area (Å²) in [7, 11) is 0. The predicted molar refractivity (Wildman–Crippen MR) is 141 cm³/mol. The molecule has 37 heavy (non-hydrogen) atoms. The van der Waals surface area contributed by atoms with Gasteiger partial charge in [-0.25, -0.2) is 4.79 Å². The van der Waals surface area contributed by atoms with Gasteiger partial charge in [0.1, 0.15) is 22.8 Å². The molecule has 5 rings (SSSR count). The van der Waals surface area contributed by atoms with Gasteiger partial charge in [-0.3, -0.25) is 9.59 Å². The number of hydrogen-bond donors (Lipinski definition) is 1. The van der Waals surface area contributed by atoms with E-state index in [0.29, 0.717) is 49.7 Å². The Hall–Kier alpha value is -3.93. The molecule has 6 nitrogen and oxygen atoms in total. The first kappa shape index (κ1) is 24.8. The molecule has 3 aromatic rings. The van der Waals surface area contributed by atoms with Crippen LogP contribution in [0.3, 0.4) is 0 Å². The van der Waals surface area contributed by atoms with Gasteiger partial charge < -0.3 is 14.6 Å². The normalized spacial score (nSPS) is 20.9. The molecule has 2 aliphatic rings. The van der Waals surface area contributed by atoms with E-state index in [0.717, 1.165) is 16.3 Å². The highest BCUT2D eigenvalue weighted by atomic mass is 16.5. The lowest BCUT2D eigenvalue weighted by Gasteiger charge is -2.28. The summed E-state index contributed by atoms with van der Waals surface area (Å²) in [5, 5.41) is 13.6. The second-order valence-corrected chi connectivity index (χ2v) is 9.84. The van der Waals surface area contributed by atoms with E-state index in [1.54, 1.807) is 19.1 Å². The Kier molecular flexibility index (Phi) is 7.08. The summed E-state index contributed by atoms with van der Waals surface area (Å²) < 4.78 is 11.3. The van der Waals surface area contributed by atoms with Crippen molar-refractivity contribution in [3.63, 3.8) is 0 Å². The van der Waals surface area contributed by atoms with Gasteiger partial charge in [0, 0.05) is 24.3 Å². The Bertz CT molecular complexity index is 1400. The Labute approximate surface area is 215 Å². The average Bonchev–Trinajstić information content (AvgIpc) is 2.87. The van der Waals surface area contributed by atoms with Gasteiger partial charge in [0.25, 0.3) is 0 Å². The van der Waals surface area contributed by atoms with Crippen LogP contribution in [0.25, 0.3) is 16.8 Å². The Morgan fingerprint density at radius 2 is 1.76 bits per heavy atom. The fraction of sp³-hybridized carbons (Fsp3) is 0.323. The van der Waals surface area contributed by atoms with Gasteiger partial charge in [0.15, 0.2) is 0 Å². The fourth-order valence-electron chi connectivity index (χ4n) is 5.34. The molecule has 190 valence electrons. The van der Waals surface area contributed by atoms with Crippen molar-refractivity contribution >= 4 is 34.6 Å². The van der Waals surface area contributed by atoms with Crippen molar-refractivity contribution in [3.05, 3.63) is 76.9 Å². The third kappa shape index (κ3) is 5.15. The fourth-order valence-corrected chi connectivity index (χ4v) is 5.34. The van der Waals surface area contributed by atoms with Crippen LogP contribution < -0.4 is 4.74 Å². The van der Waals surface area contributed by atoms with Crippen LogP contribution in [-0.4, -0.2) is 28.9 Å². The first-order valence-electron chi connectivity index (χ1n) is 12.9. The van der Waals surface area contributed by atoms with E-state index in [2.05, 4.69) is 0 Å². The summed E-state index contributed by atoms with van der Waals surface area (Å²) in [5.74, 6) is -1.29. The second-order valence-electron chi connectivity index (χ2n) is 9.84. The Morgan fingerprint density at radius 1 is 0.973 bits per heavy atom. The lowest BCUT2D eigenvalue weighted by molar-refractivity contribution is -0.135. The van der Waals surface area contributed by atoms with E-state index in [9.17, 15) is 19.5 Å². The molecule has 0 saturated heterocycles. The third-order valence-corrected chi connectivity index (χ3v) is 7.18. The lowest BCUT2D eigenvalue weighted by atomic mass is 9.81. The average molecular weight is 499 g/mol. The van der Waals surface area contributed by atoms with Crippen LogP contribution in [-0.2, 0) is 14.3 Å². The number of ether oxygens (including phenoxy) is 2. The van der Waals surface area contributed by atoms with E-state index in [-0.39, 0.29) is 29.3 Å². The number of phenolic OH excluding ortho intramolecular Hbond substituents is 1. The second kappa shape index (κ2) is 10.6. The van der Waals surface area contributed by atoms with Crippen molar-refractivity contribution in [2.45, 2.75) is 63.9 Å². The minimum absolute atomic E-state index is 0.0443. The summed E-state index contributed by atoms with van der Waals surface area (Å²) in [5.41, 5.74) is 1.79. The summed E-state index contributed by atoms with van der Waals surface area (Å²) in [6.45, 7) is 1.79. The molecule has 0 aromatic heterocycles. The number of ketones is 1. The lowest BCUT2D eigenvalue weighted by Crippen LogP contribution is -2.23. The van der Waals surface area contributed by atoms with E-state index in [4.69, 9.17) is 9.47 Å². The molecule has 0 radical (unpaired) electrons. The molecule has 0 bridgehead atoms. The zero-order valence-corrected chi connectivity index (χ0v) is 20.9. The van der Waals surface area contributed by atoms with E-state index in [1.807, 2.05) is 48.5 Å².